The van der Waals surface area contributed by atoms with Crippen LogP contribution in [0.2, 0.25) is 0 Å². The number of phenols is 3. The Labute approximate surface area is 235 Å². The first kappa shape index (κ1) is 30.1. The summed E-state index contributed by atoms with van der Waals surface area (Å²) < 4.78 is 17.1. The number of hydrogen-bond donors (Lipinski definition) is 11. The molecule has 15 heteroatoms. The maximum absolute atomic E-state index is 13.4. The zero-order valence-electron chi connectivity index (χ0n) is 21.6. The standard InChI is InChI=1S/C27H30O15/c28-6-15-19(34)21(36)23(38)26(41-15)10-4-9-12(31)5-14(8-1-2-11(30)13(32)3-8)40-25(9)17(18(10)33)27-24(39)22(37)20(35)16(7-29)42-27/h1-5,15-16,19-24,26-30,32-39H,6-7H2/t15-,16+,19-,20-,21+,22+,23-,24+,26+,27+/m1/s1. The molecule has 3 heterocycles. The minimum absolute atomic E-state index is 0.113. The van der Waals surface area contributed by atoms with Crippen LogP contribution >= 0.6 is 0 Å². The van der Waals surface area contributed by atoms with Crippen molar-refractivity contribution in [2.24, 2.45) is 0 Å². The molecule has 0 aliphatic carbocycles. The summed E-state index contributed by atoms with van der Waals surface area (Å²) in [5.74, 6) is -1.98. The van der Waals surface area contributed by atoms with Crippen molar-refractivity contribution in [2.75, 3.05) is 13.2 Å². The van der Waals surface area contributed by atoms with Gasteiger partial charge in [0.1, 0.15) is 78.1 Å². The van der Waals surface area contributed by atoms with Crippen LogP contribution in [-0.2, 0) is 9.47 Å². The highest BCUT2D eigenvalue weighted by atomic mass is 16.6. The van der Waals surface area contributed by atoms with Crippen LogP contribution in [0.4, 0.5) is 0 Å². The lowest BCUT2D eigenvalue weighted by molar-refractivity contribution is -0.233. The first-order valence-electron chi connectivity index (χ1n) is 12.9. The molecule has 11 N–H and O–H groups in total. The molecule has 2 aliphatic heterocycles. The highest BCUT2D eigenvalue weighted by Crippen LogP contribution is 2.47. The lowest BCUT2D eigenvalue weighted by Crippen LogP contribution is -2.55. The predicted octanol–water partition coefficient (Wildman–Crippen LogP) is -2.39. The van der Waals surface area contributed by atoms with Gasteiger partial charge < -0.3 is 70.1 Å². The number of aliphatic hydroxyl groups excluding tert-OH is 8. The quantitative estimate of drug-likeness (QED) is 0.138. The van der Waals surface area contributed by atoms with Crippen molar-refractivity contribution in [2.45, 2.75) is 61.0 Å². The lowest BCUT2D eigenvalue weighted by atomic mass is 9.85. The Kier molecular flexibility index (Phi) is 8.16. The van der Waals surface area contributed by atoms with Crippen molar-refractivity contribution in [3.05, 3.63) is 51.7 Å². The van der Waals surface area contributed by atoms with Gasteiger partial charge in [0.25, 0.3) is 0 Å². The molecule has 3 aromatic rings. The van der Waals surface area contributed by atoms with Gasteiger partial charge in [0.2, 0.25) is 0 Å². The highest BCUT2D eigenvalue weighted by Gasteiger charge is 2.49. The van der Waals surface area contributed by atoms with Crippen LogP contribution in [-0.4, -0.2) is 118 Å². The fourth-order valence-corrected chi connectivity index (χ4v) is 5.33. The van der Waals surface area contributed by atoms with E-state index in [0.717, 1.165) is 24.3 Å². The topological polar surface area (TPSA) is 271 Å². The fraction of sp³-hybridized carbons (Fsp3) is 0.444. The van der Waals surface area contributed by atoms with Gasteiger partial charge >= 0.3 is 0 Å². The summed E-state index contributed by atoms with van der Waals surface area (Å²) >= 11 is 0. The Balaban J connectivity index is 1.78. The second-order valence-electron chi connectivity index (χ2n) is 10.3. The van der Waals surface area contributed by atoms with Crippen molar-refractivity contribution in [1.29, 1.82) is 0 Å². The predicted molar refractivity (Wildman–Crippen MR) is 138 cm³/mol. The summed E-state index contributed by atoms with van der Waals surface area (Å²) in [6.07, 6.45) is -17.4. The third-order valence-corrected chi connectivity index (χ3v) is 7.69. The number of hydrogen-bond acceptors (Lipinski definition) is 15. The van der Waals surface area contributed by atoms with Gasteiger partial charge in [-0.05, 0) is 24.3 Å². The molecular formula is C27H30O15. The van der Waals surface area contributed by atoms with Crippen LogP contribution in [0.1, 0.15) is 23.3 Å². The van der Waals surface area contributed by atoms with E-state index in [1.807, 2.05) is 0 Å². The molecule has 2 aromatic carbocycles. The smallest absolute Gasteiger partial charge is 0.193 e. The van der Waals surface area contributed by atoms with Crippen molar-refractivity contribution in [3.63, 3.8) is 0 Å². The third kappa shape index (κ3) is 4.88. The maximum Gasteiger partial charge on any atom is 0.193 e. The second-order valence-corrected chi connectivity index (χ2v) is 10.3. The molecule has 2 aliphatic rings. The Morgan fingerprint density at radius 2 is 1.24 bits per heavy atom. The van der Waals surface area contributed by atoms with Crippen molar-refractivity contribution in [1.82, 2.24) is 0 Å². The Bertz CT molecular complexity index is 1520. The van der Waals surface area contributed by atoms with Gasteiger partial charge in [-0.2, -0.15) is 0 Å². The van der Waals surface area contributed by atoms with Crippen molar-refractivity contribution >= 4 is 11.0 Å². The van der Waals surface area contributed by atoms with E-state index in [4.69, 9.17) is 13.9 Å². The van der Waals surface area contributed by atoms with Crippen LogP contribution in [0.3, 0.4) is 0 Å². The zero-order valence-corrected chi connectivity index (χ0v) is 21.6. The monoisotopic (exact) mass is 594 g/mol. The fourth-order valence-electron chi connectivity index (χ4n) is 5.33. The summed E-state index contributed by atoms with van der Waals surface area (Å²) in [6.45, 7) is -1.62. The van der Waals surface area contributed by atoms with E-state index < -0.39 is 108 Å². The lowest BCUT2D eigenvalue weighted by Gasteiger charge is -2.42. The number of ether oxygens (including phenoxy) is 2. The Morgan fingerprint density at radius 1 is 0.667 bits per heavy atom. The molecule has 228 valence electrons. The number of fused-ring (bicyclic) bond motifs is 1. The molecule has 15 nitrogen and oxygen atoms in total. The van der Waals surface area contributed by atoms with Crippen LogP contribution < -0.4 is 5.43 Å². The molecule has 1 aromatic heterocycles. The zero-order chi connectivity index (χ0) is 30.6. The van der Waals surface area contributed by atoms with E-state index in [-0.39, 0.29) is 22.3 Å². The molecular weight excluding hydrogens is 564 g/mol. The highest BCUT2D eigenvalue weighted by molar-refractivity contribution is 5.86. The van der Waals surface area contributed by atoms with Gasteiger partial charge in [0.15, 0.2) is 16.9 Å². The molecule has 0 unspecified atom stereocenters. The van der Waals surface area contributed by atoms with Gasteiger partial charge in [-0.25, -0.2) is 0 Å². The van der Waals surface area contributed by atoms with Crippen molar-refractivity contribution in [3.8, 4) is 28.6 Å². The first-order chi connectivity index (χ1) is 19.9. The van der Waals surface area contributed by atoms with E-state index >= 15 is 0 Å². The summed E-state index contributed by atoms with van der Waals surface area (Å²) in [5.41, 5.74) is -1.87. The number of phenolic OH excluding ortho intramolecular Hbond substituents is 3. The molecule has 10 atom stereocenters. The average molecular weight is 595 g/mol. The minimum atomic E-state index is -1.96. The molecule has 0 spiro atoms. The number of aromatic hydroxyl groups is 3. The molecule has 2 saturated heterocycles. The number of benzene rings is 2. The van der Waals surface area contributed by atoms with Crippen LogP contribution in [0.5, 0.6) is 17.2 Å². The molecule has 42 heavy (non-hydrogen) atoms. The van der Waals surface area contributed by atoms with Gasteiger partial charge in [-0.3, -0.25) is 4.79 Å². The van der Waals surface area contributed by atoms with Crippen molar-refractivity contribution < 1.29 is 70.1 Å². The summed E-state index contributed by atoms with van der Waals surface area (Å²) in [5, 5.41) is 113. The van der Waals surface area contributed by atoms with E-state index in [2.05, 4.69) is 0 Å². The molecule has 0 bridgehead atoms. The normalized spacial score (nSPS) is 33.6. The van der Waals surface area contributed by atoms with Crippen LogP contribution in [0, 0.1) is 0 Å². The third-order valence-electron chi connectivity index (χ3n) is 7.69. The Morgan fingerprint density at radius 3 is 1.81 bits per heavy atom. The van der Waals surface area contributed by atoms with E-state index in [0.29, 0.717) is 0 Å². The molecule has 0 radical (unpaired) electrons. The van der Waals surface area contributed by atoms with E-state index in [9.17, 15) is 61.0 Å². The molecule has 0 amide bonds. The maximum atomic E-state index is 13.4. The molecule has 5 rings (SSSR count). The summed E-state index contributed by atoms with van der Waals surface area (Å²) in [7, 11) is 0. The summed E-state index contributed by atoms with van der Waals surface area (Å²) in [6, 6.07) is 5.62. The van der Waals surface area contributed by atoms with E-state index in [1.54, 1.807) is 0 Å². The molecule has 0 saturated carbocycles. The van der Waals surface area contributed by atoms with Crippen LogP contribution in [0.25, 0.3) is 22.3 Å². The Hall–Kier alpha value is -3.35. The van der Waals surface area contributed by atoms with E-state index in [1.165, 1.54) is 6.07 Å². The van der Waals surface area contributed by atoms with Gasteiger partial charge in [0.05, 0.1) is 24.2 Å². The van der Waals surface area contributed by atoms with Gasteiger partial charge in [-0.15, -0.1) is 0 Å². The van der Waals surface area contributed by atoms with Crippen LogP contribution in [0.15, 0.2) is 39.5 Å². The average Bonchev–Trinajstić information content (AvgIpc) is 2.97. The SMILES string of the molecule is O=c1cc(-c2ccc(O)c(O)c2)oc2c([C@@H]3O[C@@H](CO)[C@@H](O)[C@H](O)[C@@H]3O)c(O)c([C@@H]3O[C@H](CO)[C@@H](O)[C@H](O)[C@H]3O)cc12. The minimum Gasteiger partial charge on any atom is -0.507 e. The largest absolute Gasteiger partial charge is 0.507 e. The first-order valence-corrected chi connectivity index (χ1v) is 12.9. The number of rotatable bonds is 5. The second kappa shape index (κ2) is 11.4. The number of aliphatic hydroxyl groups is 8. The van der Waals surface area contributed by atoms with Gasteiger partial charge in [0, 0.05) is 17.2 Å². The molecule has 2 fully saturated rings. The van der Waals surface area contributed by atoms with Gasteiger partial charge in [-0.1, -0.05) is 0 Å². The summed E-state index contributed by atoms with van der Waals surface area (Å²) in [4.78, 5) is 13.4.